The molecule has 44 heavy (non-hydrogen) atoms. The van der Waals surface area contributed by atoms with Gasteiger partial charge in [0.05, 0.1) is 24.9 Å². The molecule has 5 aromatic rings. The second kappa shape index (κ2) is 13.5. The molecule has 0 saturated heterocycles. The normalized spacial score (nSPS) is 11.1. The summed E-state index contributed by atoms with van der Waals surface area (Å²) in [6.07, 6.45) is 1.47. The number of aromatic nitrogens is 5. The molecule has 0 aliphatic heterocycles. The van der Waals surface area contributed by atoms with E-state index in [0.717, 1.165) is 22.9 Å². The maximum atomic E-state index is 12.7. The lowest BCUT2D eigenvalue weighted by atomic mass is 10.0. The highest BCUT2D eigenvalue weighted by Crippen LogP contribution is 2.32. The van der Waals surface area contributed by atoms with Crippen molar-refractivity contribution in [1.82, 2.24) is 25.1 Å². The number of methoxy groups -OCH3 is 2. The van der Waals surface area contributed by atoms with Gasteiger partial charge in [-0.15, -0.1) is 10.2 Å². The van der Waals surface area contributed by atoms with Gasteiger partial charge in [0.1, 0.15) is 22.9 Å². The topological polar surface area (TPSA) is 158 Å². The fourth-order valence-corrected chi connectivity index (χ4v) is 5.53. The van der Waals surface area contributed by atoms with E-state index in [1.807, 2.05) is 48.5 Å². The van der Waals surface area contributed by atoms with E-state index in [2.05, 4.69) is 30.2 Å². The largest absolute Gasteiger partial charge is 0.497 e. The molecule has 0 unspecified atom stereocenters. The van der Waals surface area contributed by atoms with Crippen LogP contribution in [-0.2, 0) is 14.8 Å². The molecule has 0 saturated carbocycles. The first kappa shape index (κ1) is 30.4. The molecule has 224 valence electrons. The van der Waals surface area contributed by atoms with Crippen molar-refractivity contribution in [2.24, 2.45) is 0 Å². The Balaban J connectivity index is 1.27. The average Bonchev–Trinajstić information content (AvgIpc) is 3.04. The summed E-state index contributed by atoms with van der Waals surface area (Å²) in [5.41, 5.74) is 3.82. The number of thioether (sulfide) groups is 1. The van der Waals surface area contributed by atoms with Crippen LogP contribution in [0.15, 0.2) is 95.1 Å². The van der Waals surface area contributed by atoms with Crippen LogP contribution >= 0.6 is 11.8 Å². The van der Waals surface area contributed by atoms with Crippen LogP contribution in [0.3, 0.4) is 0 Å². The summed E-state index contributed by atoms with van der Waals surface area (Å²) in [7, 11) is -0.713. The highest BCUT2D eigenvalue weighted by molar-refractivity contribution is 7.99. The third kappa shape index (κ3) is 7.46. The van der Waals surface area contributed by atoms with Crippen molar-refractivity contribution in [3.05, 3.63) is 90.8 Å². The highest BCUT2D eigenvalue weighted by Gasteiger charge is 2.17. The zero-order chi connectivity index (χ0) is 31.1. The molecule has 2 heterocycles. The first-order chi connectivity index (χ1) is 21.2. The van der Waals surface area contributed by atoms with Gasteiger partial charge >= 0.3 is 0 Å². The molecule has 0 fully saturated rings. The Morgan fingerprint density at radius 3 is 2.00 bits per heavy atom. The Morgan fingerprint density at radius 1 is 0.795 bits per heavy atom. The number of hydrogen-bond donors (Lipinski definition) is 2. The second-order valence-corrected chi connectivity index (χ2v) is 11.9. The standard InChI is InChI=1S/C30H27N7O5S2/c1-19-16-17-31-29(32-19)37-44(39,40)25-14-8-22(9-15-25)33-26(38)18-43-30-34-27(20-4-10-23(41-2)11-5-20)28(35-36-30)21-6-12-24(42-3)13-7-21/h4-17H,18H2,1-3H3,(H,33,38)(H,31,32,37). The number of ether oxygens (including phenoxy) is 2. The third-order valence-corrected chi connectivity index (χ3v) is 8.38. The lowest BCUT2D eigenvalue weighted by Gasteiger charge is -2.11. The van der Waals surface area contributed by atoms with Crippen molar-refractivity contribution >= 4 is 39.3 Å². The minimum absolute atomic E-state index is 0.00207. The van der Waals surface area contributed by atoms with E-state index in [-0.39, 0.29) is 22.5 Å². The SMILES string of the molecule is COc1ccc(-c2nnc(SCC(=O)Nc3ccc(S(=O)(=O)Nc4nccc(C)n4)cc3)nc2-c2ccc(OC)cc2)cc1. The van der Waals surface area contributed by atoms with Crippen molar-refractivity contribution in [2.45, 2.75) is 17.0 Å². The number of sulfonamides is 1. The van der Waals surface area contributed by atoms with Gasteiger partial charge < -0.3 is 14.8 Å². The van der Waals surface area contributed by atoms with Crippen LogP contribution in [0, 0.1) is 6.92 Å². The van der Waals surface area contributed by atoms with E-state index < -0.39 is 10.0 Å². The Kier molecular flexibility index (Phi) is 9.31. The molecule has 1 amide bonds. The Labute approximate surface area is 258 Å². The fourth-order valence-electron chi connectivity index (χ4n) is 3.99. The summed E-state index contributed by atoms with van der Waals surface area (Å²) in [6.45, 7) is 1.73. The summed E-state index contributed by atoms with van der Waals surface area (Å²) in [5, 5.41) is 11.8. The van der Waals surface area contributed by atoms with Gasteiger partial charge in [-0.25, -0.2) is 28.1 Å². The van der Waals surface area contributed by atoms with Crippen LogP contribution in [0.25, 0.3) is 22.5 Å². The van der Waals surface area contributed by atoms with Gasteiger partial charge in [-0.05, 0) is 85.8 Å². The lowest BCUT2D eigenvalue weighted by molar-refractivity contribution is -0.113. The lowest BCUT2D eigenvalue weighted by Crippen LogP contribution is -2.16. The molecular formula is C30H27N7O5S2. The zero-order valence-electron chi connectivity index (χ0n) is 23.9. The minimum Gasteiger partial charge on any atom is -0.497 e. The molecule has 0 atom stereocenters. The molecule has 0 radical (unpaired) electrons. The first-order valence-corrected chi connectivity index (χ1v) is 15.6. The van der Waals surface area contributed by atoms with Crippen molar-refractivity contribution in [3.8, 4) is 34.0 Å². The summed E-state index contributed by atoms with van der Waals surface area (Å²) < 4.78 is 38.3. The Morgan fingerprint density at radius 2 is 1.41 bits per heavy atom. The molecule has 2 aromatic heterocycles. The van der Waals surface area contributed by atoms with Crippen LogP contribution in [0.2, 0.25) is 0 Å². The van der Waals surface area contributed by atoms with Crippen LogP contribution in [0.4, 0.5) is 11.6 Å². The number of carbonyl (C=O) groups is 1. The highest BCUT2D eigenvalue weighted by atomic mass is 32.2. The predicted molar refractivity (Wildman–Crippen MR) is 167 cm³/mol. The van der Waals surface area contributed by atoms with Crippen LogP contribution in [0.1, 0.15) is 5.69 Å². The Hall–Kier alpha value is -5.08. The molecule has 2 N–H and O–H groups in total. The van der Waals surface area contributed by atoms with E-state index >= 15 is 0 Å². The summed E-state index contributed by atoms with van der Waals surface area (Å²) in [4.78, 5) is 25.4. The number of hydrogen-bond acceptors (Lipinski definition) is 11. The Bertz CT molecular complexity index is 1870. The zero-order valence-corrected chi connectivity index (χ0v) is 25.5. The number of rotatable bonds is 11. The van der Waals surface area contributed by atoms with Crippen LogP contribution in [-0.4, -0.2) is 59.4 Å². The number of aryl methyl sites for hydroxylation is 1. The predicted octanol–water partition coefficient (Wildman–Crippen LogP) is 4.85. The van der Waals surface area contributed by atoms with E-state index in [0.29, 0.717) is 39.4 Å². The van der Waals surface area contributed by atoms with Gasteiger partial charge in [-0.1, -0.05) is 11.8 Å². The van der Waals surface area contributed by atoms with E-state index in [1.54, 1.807) is 27.2 Å². The van der Waals surface area contributed by atoms with Crippen molar-refractivity contribution in [3.63, 3.8) is 0 Å². The first-order valence-electron chi connectivity index (χ1n) is 13.1. The molecule has 0 spiro atoms. The van der Waals surface area contributed by atoms with Gasteiger partial charge in [0.15, 0.2) is 0 Å². The monoisotopic (exact) mass is 629 g/mol. The average molecular weight is 630 g/mol. The summed E-state index contributed by atoms with van der Waals surface area (Å²) >= 11 is 1.12. The molecule has 14 heteroatoms. The quantitative estimate of drug-likeness (QED) is 0.192. The van der Waals surface area contributed by atoms with E-state index in [1.165, 1.54) is 30.5 Å². The van der Waals surface area contributed by atoms with Gasteiger partial charge in [-0.2, -0.15) is 0 Å². The molecule has 0 aliphatic carbocycles. The number of nitrogens with one attached hydrogen (secondary N) is 2. The van der Waals surface area contributed by atoms with Gasteiger partial charge in [0, 0.05) is 28.7 Å². The van der Waals surface area contributed by atoms with Gasteiger partial charge in [-0.3, -0.25) is 4.79 Å². The van der Waals surface area contributed by atoms with Gasteiger partial charge in [0.25, 0.3) is 10.0 Å². The molecular weight excluding hydrogens is 603 g/mol. The summed E-state index contributed by atoms with van der Waals surface area (Å²) in [5.74, 6) is 1.06. The van der Waals surface area contributed by atoms with Crippen molar-refractivity contribution < 1.29 is 22.7 Å². The van der Waals surface area contributed by atoms with Crippen molar-refractivity contribution in [2.75, 3.05) is 30.0 Å². The smallest absolute Gasteiger partial charge is 0.264 e. The molecule has 5 rings (SSSR count). The third-order valence-electron chi connectivity index (χ3n) is 6.20. The molecule has 0 bridgehead atoms. The van der Waals surface area contributed by atoms with E-state index in [9.17, 15) is 13.2 Å². The number of anilines is 2. The molecule has 12 nitrogen and oxygen atoms in total. The molecule has 0 aliphatic rings. The second-order valence-electron chi connectivity index (χ2n) is 9.24. The molecule has 3 aromatic carbocycles. The minimum atomic E-state index is -3.91. The van der Waals surface area contributed by atoms with Gasteiger partial charge in [0.2, 0.25) is 17.0 Å². The number of nitrogens with zero attached hydrogens (tertiary/aromatic N) is 5. The van der Waals surface area contributed by atoms with Crippen LogP contribution in [0.5, 0.6) is 11.5 Å². The number of benzene rings is 3. The maximum Gasteiger partial charge on any atom is 0.264 e. The van der Waals surface area contributed by atoms with E-state index in [4.69, 9.17) is 14.5 Å². The van der Waals surface area contributed by atoms with Crippen molar-refractivity contribution in [1.29, 1.82) is 0 Å². The summed E-state index contributed by atoms with van der Waals surface area (Å²) in [6, 6.07) is 22.3. The van der Waals surface area contributed by atoms with Crippen LogP contribution < -0.4 is 19.5 Å². The number of amides is 1. The fraction of sp³-hybridized carbons (Fsp3) is 0.133. The maximum absolute atomic E-state index is 12.7. The number of carbonyl (C=O) groups excluding carboxylic acids is 1.